The Morgan fingerprint density at radius 3 is 2.14 bits per heavy atom. The van der Waals surface area contributed by atoms with Crippen molar-refractivity contribution < 1.29 is 14.2 Å². The van der Waals surface area contributed by atoms with Gasteiger partial charge in [0.25, 0.3) is 0 Å². The molecule has 0 aliphatic heterocycles. The third-order valence-corrected chi connectivity index (χ3v) is 4.45. The van der Waals surface area contributed by atoms with Crippen molar-refractivity contribution in [3.05, 3.63) is 53.1 Å². The van der Waals surface area contributed by atoms with Gasteiger partial charge >= 0.3 is 0 Å². The predicted octanol–water partition coefficient (Wildman–Crippen LogP) is 4.51. The molecule has 1 unspecified atom stereocenters. The molecule has 0 saturated heterocycles. The van der Waals surface area contributed by atoms with E-state index in [2.05, 4.69) is 28.1 Å². The molecule has 0 aromatic heterocycles. The van der Waals surface area contributed by atoms with Crippen LogP contribution in [0.5, 0.6) is 17.2 Å². The van der Waals surface area contributed by atoms with E-state index in [1.807, 2.05) is 31.2 Å². The van der Waals surface area contributed by atoms with Crippen LogP contribution in [0.1, 0.15) is 21.5 Å². The first-order valence-electron chi connectivity index (χ1n) is 6.61. The number of alkyl halides is 1. The second-order valence-corrected chi connectivity index (χ2v) is 5.62. The number of halogens is 1. The summed E-state index contributed by atoms with van der Waals surface area (Å²) in [5, 5.41) is 0. The van der Waals surface area contributed by atoms with Crippen LogP contribution in [0.25, 0.3) is 0 Å². The smallest absolute Gasteiger partial charge is 0.127 e. The second-order valence-electron chi connectivity index (χ2n) is 4.70. The summed E-state index contributed by atoms with van der Waals surface area (Å²) < 4.78 is 16.0. The summed E-state index contributed by atoms with van der Waals surface area (Å²) in [5.74, 6) is 2.46. The van der Waals surface area contributed by atoms with Gasteiger partial charge in [-0.25, -0.2) is 0 Å². The van der Waals surface area contributed by atoms with E-state index >= 15 is 0 Å². The molecular weight excluding hydrogens is 332 g/mol. The lowest BCUT2D eigenvalue weighted by Crippen LogP contribution is -1.99. The maximum absolute atomic E-state index is 5.47. The van der Waals surface area contributed by atoms with E-state index in [9.17, 15) is 0 Å². The summed E-state index contributed by atoms with van der Waals surface area (Å²) in [5.41, 5.74) is 3.31. The molecule has 2 rings (SSSR count). The molecule has 4 heteroatoms. The van der Waals surface area contributed by atoms with Gasteiger partial charge in [-0.05, 0) is 30.2 Å². The first-order chi connectivity index (χ1) is 10.1. The SMILES string of the molecule is COc1ccc(C(Br)c2ccc(OC)c(C)c2)c(OC)c1. The Bertz CT molecular complexity index is 625. The molecule has 0 N–H and O–H groups in total. The summed E-state index contributed by atoms with van der Waals surface area (Å²) in [6.07, 6.45) is 0. The maximum atomic E-state index is 5.47. The molecule has 2 aromatic rings. The van der Waals surface area contributed by atoms with Gasteiger partial charge in [0.05, 0.1) is 26.2 Å². The highest BCUT2D eigenvalue weighted by molar-refractivity contribution is 9.09. The van der Waals surface area contributed by atoms with Crippen molar-refractivity contribution in [2.24, 2.45) is 0 Å². The van der Waals surface area contributed by atoms with Crippen molar-refractivity contribution in [3.63, 3.8) is 0 Å². The van der Waals surface area contributed by atoms with Crippen LogP contribution in [-0.2, 0) is 0 Å². The number of hydrogen-bond donors (Lipinski definition) is 0. The Morgan fingerprint density at radius 2 is 1.57 bits per heavy atom. The molecule has 21 heavy (non-hydrogen) atoms. The molecule has 112 valence electrons. The van der Waals surface area contributed by atoms with Crippen LogP contribution in [0.15, 0.2) is 36.4 Å². The summed E-state index contributed by atoms with van der Waals surface area (Å²) in [6.45, 7) is 2.04. The molecule has 0 bridgehead atoms. The monoisotopic (exact) mass is 350 g/mol. The van der Waals surface area contributed by atoms with E-state index in [0.717, 1.165) is 33.9 Å². The average molecular weight is 351 g/mol. The highest BCUT2D eigenvalue weighted by atomic mass is 79.9. The van der Waals surface area contributed by atoms with Gasteiger partial charge in [0.2, 0.25) is 0 Å². The number of hydrogen-bond acceptors (Lipinski definition) is 3. The van der Waals surface area contributed by atoms with E-state index in [1.54, 1.807) is 21.3 Å². The average Bonchev–Trinajstić information content (AvgIpc) is 2.53. The third-order valence-electron chi connectivity index (χ3n) is 3.43. The van der Waals surface area contributed by atoms with E-state index in [-0.39, 0.29) is 4.83 Å². The van der Waals surface area contributed by atoms with Crippen LogP contribution in [0.3, 0.4) is 0 Å². The largest absolute Gasteiger partial charge is 0.497 e. The molecular formula is C17H19BrO3. The Labute approximate surface area is 134 Å². The summed E-state index contributed by atoms with van der Waals surface area (Å²) in [4.78, 5) is 0.0444. The first kappa shape index (κ1) is 15.7. The molecule has 0 aliphatic rings. The minimum atomic E-state index is 0.0444. The van der Waals surface area contributed by atoms with Crippen LogP contribution in [0.4, 0.5) is 0 Å². The third kappa shape index (κ3) is 3.32. The van der Waals surface area contributed by atoms with Crippen molar-refractivity contribution in [2.75, 3.05) is 21.3 Å². The van der Waals surface area contributed by atoms with Crippen LogP contribution >= 0.6 is 15.9 Å². The molecule has 0 amide bonds. The Morgan fingerprint density at radius 1 is 0.857 bits per heavy atom. The number of benzene rings is 2. The lowest BCUT2D eigenvalue weighted by atomic mass is 10.0. The predicted molar refractivity (Wildman–Crippen MR) is 88.0 cm³/mol. The zero-order valence-corrected chi connectivity index (χ0v) is 14.2. The molecule has 0 saturated carbocycles. The van der Waals surface area contributed by atoms with E-state index in [4.69, 9.17) is 14.2 Å². The fourth-order valence-corrected chi connectivity index (χ4v) is 2.93. The van der Waals surface area contributed by atoms with Gasteiger partial charge in [0.1, 0.15) is 17.2 Å². The molecule has 0 aliphatic carbocycles. The van der Waals surface area contributed by atoms with Crippen molar-refractivity contribution in [1.29, 1.82) is 0 Å². The number of aryl methyl sites for hydroxylation is 1. The second kappa shape index (κ2) is 6.85. The lowest BCUT2D eigenvalue weighted by molar-refractivity contribution is 0.391. The van der Waals surface area contributed by atoms with Gasteiger partial charge in [-0.1, -0.05) is 34.1 Å². The summed E-state index contributed by atoms with van der Waals surface area (Å²) in [6, 6.07) is 12.0. The van der Waals surface area contributed by atoms with Crippen molar-refractivity contribution in [2.45, 2.75) is 11.8 Å². The molecule has 0 heterocycles. The Balaban J connectivity index is 2.39. The van der Waals surface area contributed by atoms with Gasteiger partial charge < -0.3 is 14.2 Å². The van der Waals surface area contributed by atoms with Crippen molar-refractivity contribution in [1.82, 2.24) is 0 Å². The maximum Gasteiger partial charge on any atom is 0.127 e. The minimum absolute atomic E-state index is 0.0444. The number of ether oxygens (including phenoxy) is 3. The molecule has 3 nitrogen and oxygen atoms in total. The normalized spacial score (nSPS) is 11.9. The van der Waals surface area contributed by atoms with Crippen molar-refractivity contribution in [3.8, 4) is 17.2 Å². The van der Waals surface area contributed by atoms with Crippen LogP contribution in [0.2, 0.25) is 0 Å². The van der Waals surface area contributed by atoms with Gasteiger partial charge in [-0.2, -0.15) is 0 Å². The van der Waals surface area contributed by atoms with Gasteiger partial charge in [0.15, 0.2) is 0 Å². The van der Waals surface area contributed by atoms with Gasteiger partial charge in [-0.15, -0.1) is 0 Å². The number of rotatable bonds is 5. The number of methoxy groups -OCH3 is 3. The topological polar surface area (TPSA) is 27.7 Å². The Kier molecular flexibility index (Phi) is 5.12. The van der Waals surface area contributed by atoms with Crippen LogP contribution < -0.4 is 14.2 Å². The quantitative estimate of drug-likeness (QED) is 0.742. The highest BCUT2D eigenvalue weighted by Crippen LogP contribution is 2.39. The van der Waals surface area contributed by atoms with Crippen molar-refractivity contribution >= 4 is 15.9 Å². The fourth-order valence-electron chi connectivity index (χ4n) is 2.27. The van der Waals surface area contributed by atoms with Gasteiger partial charge in [-0.3, -0.25) is 0 Å². The molecule has 0 fully saturated rings. The van der Waals surface area contributed by atoms with Crippen LogP contribution in [0, 0.1) is 6.92 Å². The lowest BCUT2D eigenvalue weighted by Gasteiger charge is -2.17. The van der Waals surface area contributed by atoms with E-state index < -0.39 is 0 Å². The molecule has 0 radical (unpaired) electrons. The van der Waals surface area contributed by atoms with Crippen LogP contribution in [-0.4, -0.2) is 21.3 Å². The highest BCUT2D eigenvalue weighted by Gasteiger charge is 2.17. The molecule has 2 aromatic carbocycles. The summed E-state index contributed by atoms with van der Waals surface area (Å²) in [7, 11) is 4.99. The minimum Gasteiger partial charge on any atom is -0.497 e. The summed E-state index contributed by atoms with van der Waals surface area (Å²) >= 11 is 3.75. The fraction of sp³-hybridized carbons (Fsp3) is 0.294. The van der Waals surface area contributed by atoms with E-state index in [0.29, 0.717) is 0 Å². The molecule has 0 spiro atoms. The Hall–Kier alpha value is -1.68. The van der Waals surface area contributed by atoms with E-state index in [1.165, 1.54) is 0 Å². The zero-order valence-electron chi connectivity index (χ0n) is 12.6. The van der Waals surface area contributed by atoms with Gasteiger partial charge in [0, 0.05) is 11.6 Å². The standard InChI is InChI=1S/C17H19BrO3/c1-11-9-12(5-8-15(11)20-3)17(18)14-7-6-13(19-2)10-16(14)21-4/h5-10,17H,1-4H3. The molecule has 1 atom stereocenters. The first-order valence-corrected chi connectivity index (χ1v) is 7.52. The zero-order chi connectivity index (χ0) is 15.4.